The Morgan fingerprint density at radius 3 is 2.31 bits per heavy atom. The zero-order valence-electron chi connectivity index (χ0n) is 21.4. The van der Waals surface area contributed by atoms with Gasteiger partial charge in [0.25, 0.3) is 11.5 Å². The second-order valence-electron chi connectivity index (χ2n) is 9.07. The Kier molecular flexibility index (Phi) is 5.96. The molecule has 10 heteroatoms. The number of para-hydroxylation sites is 2. The first kappa shape index (κ1) is 24.5. The first-order valence-corrected chi connectivity index (χ1v) is 13.0. The molecule has 1 aliphatic heterocycles. The van der Waals surface area contributed by atoms with Crippen molar-refractivity contribution in [2.75, 3.05) is 11.9 Å². The normalized spacial score (nSPS) is 14.5. The number of rotatable bonds is 4. The van der Waals surface area contributed by atoms with Gasteiger partial charge in [-0.25, -0.2) is 18.7 Å². The lowest BCUT2D eigenvalue weighted by Gasteiger charge is -2.07. The van der Waals surface area contributed by atoms with Gasteiger partial charge >= 0.3 is 0 Å². The van der Waals surface area contributed by atoms with Crippen LogP contribution in [0.2, 0.25) is 0 Å². The molecule has 1 aliphatic rings. The zero-order valence-corrected chi connectivity index (χ0v) is 22.2. The molecule has 0 N–H and O–H groups in total. The maximum absolute atomic E-state index is 13.7. The molecule has 3 heterocycles. The van der Waals surface area contributed by atoms with Crippen molar-refractivity contribution in [1.29, 1.82) is 0 Å². The van der Waals surface area contributed by atoms with E-state index in [0.29, 0.717) is 27.3 Å². The Balaban J connectivity index is 1.60. The van der Waals surface area contributed by atoms with Gasteiger partial charge in [-0.05, 0) is 49.4 Å². The molecule has 5 aromatic rings. The van der Waals surface area contributed by atoms with Crippen LogP contribution in [-0.4, -0.2) is 32.7 Å². The predicted molar refractivity (Wildman–Crippen MR) is 150 cm³/mol. The average molecular weight is 539 g/mol. The van der Waals surface area contributed by atoms with Crippen molar-refractivity contribution in [2.24, 2.45) is 17.1 Å². The molecule has 6 rings (SSSR count). The van der Waals surface area contributed by atoms with Crippen molar-refractivity contribution >= 4 is 34.3 Å². The van der Waals surface area contributed by atoms with Crippen molar-refractivity contribution < 1.29 is 9.18 Å². The highest BCUT2D eigenvalue weighted by atomic mass is 32.1. The lowest BCUT2D eigenvalue weighted by atomic mass is 10.1. The summed E-state index contributed by atoms with van der Waals surface area (Å²) in [4.78, 5) is 33.5. The molecular formula is C29H23FN6O2S. The van der Waals surface area contributed by atoms with Crippen LogP contribution in [0.25, 0.3) is 16.9 Å². The van der Waals surface area contributed by atoms with E-state index in [4.69, 9.17) is 10.1 Å². The van der Waals surface area contributed by atoms with Gasteiger partial charge in [0.1, 0.15) is 5.82 Å². The molecule has 0 atom stereocenters. The first-order chi connectivity index (χ1) is 18.8. The summed E-state index contributed by atoms with van der Waals surface area (Å²) in [6.45, 7) is 1.83. The van der Waals surface area contributed by atoms with Gasteiger partial charge < -0.3 is 4.90 Å². The quantitative estimate of drug-likeness (QED) is 0.335. The van der Waals surface area contributed by atoms with E-state index in [9.17, 15) is 14.0 Å². The van der Waals surface area contributed by atoms with Gasteiger partial charge in [0.2, 0.25) is 4.80 Å². The summed E-state index contributed by atoms with van der Waals surface area (Å²) >= 11 is 1.28. The maximum atomic E-state index is 13.7. The molecule has 8 nitrogen and oxygen atoms in total. The van der Waals surface area contributed by atoms with Crippen molar-refractivity contribution in [3.05, 3.63) is 116 Å². The second-order valence-corrected chi connectivity index (χ2v) is 9.91. The number of benzene rings is 3. The predicted octanol–water partition coefficient (Wildman–Crippen LogP) is 4.61. The van der Waals surface area contributed by atoms with Crippen LogP contribution in [0.15, 0.2) is 99.1 Å². The summed E-state index contributed by atoms with van der Waals surface area (Å²) in [5, 5.41) is 6.61. The number of hydrogen-bond donors (Lipinski definition) is 0. The van der Waals surface area contributed by atoms with Gasteiger partial charge in [-0.3, -0.25) is 14.3 Å². The lowest BCUT2D eigenvalue weighted by molar-refractivity contribution is -0.112. The van der Waals surface area contributed by atoms with Crippen LogP contribution in [-0.2, 0) is 11.8 Å². The minimum Gasteiger partial charge on any atom is -0.309 e. The number of hydrogen-bond acceptors (Lipinski definition) is 5. The minimum atomic E-state index is -0.361. The van der Waals surface area contributed by atoms with Gasteiger partial charge in [0.15, 0.2) is 11.4 Å². The fraction of sp³-hybridized carbons (Fsp3) is 0.103. The van der Waals surface area contributed by atoms with Crippen molar-refractivity contribution in [1.82, 2.24) is 14.0 Å². The van der Waals surface area contributed by atoms with E-state index in [1.54, 1.807) is 45.2 Å². The third-order valence-corrected chi connectivity index (χ3v) is 7.60. The molecule has 2 aromatic heterocycles. The molecule has 0 aliphatic carbocycles. The van der Waals surface area contributed by atoms with E-state index in [0.717, 1.165) is 11.4 Å². The molecule has 0 fully saturated rings. The maximum Gasteiger partial charge on any atom is 0.297 e. The Bertz CT molecular complexity index is 1890. The number of anilines is 1. The molecule has 0 spiro atoms. The number of likely N-dealkylation sites (N-methyl/N-ethyl adjacent to an activating group) is 1. The van der Waals surface area contributed by atoms with Crippen LogP contribution in [0, 0.1) is 12.7 Å². The van der Waals surface area contributed by atoms with Gasteiger partial charge in [-0.1, -0.05) is 36.4 Å². The molecule has 0 saturated carbocycles. The van der Waals surface area contributed by atoms with Gasteiger partial charge in [-0.2, -0.15) is 5.10 Å². The molecule has 0 saturated heterocycles. The Morgan fingerprint density at radius 1 is 0.872 bits per heavy atom. The van der Waals surface area contributed by atoms with E-state index in [2.05, 4.69) is 0 Å². The molecule has 3 aromatic carbocycles. The Hall–Kier alpha value is -4.83. The molecule has 39 heavy (non-hydrogen) atoms. The van der Waals surface area contributed by atoms with E-state index >= 15 is 0 Å². The third kappa shape index (κ3) is 4.05. The number of carbonyl (C=O) groups is 1. The summed E-state index contributed by atoms with van der Waals surface area (Å²) in [7, 11) is 3.51. The molecular weight excluding hydrogens is 515 g/mol. The highest BCUT2D eigenvalue weighted by Crippen LogP contribution is 2.29. The van der Waals surface area contributed by atoms with Gasteiger partial charge in [-0.15, -0.1) is 11.3 Å². The molecule has 0 bridgehead atoms. The number of thiazole rings is 1. The van der Waals surface area contributed by atoms with E-state index in [1.807, 2.05) is 66.9 Å². The monoisotopic (exact) mass is 538 g/mol. The number of halogens is 1. The van der Waals surface area contributed by atoms with Crippen LogP contribution in [0.5, 0.6) is 0 Å². The summed E-state index contributed by atoms with van der Waals surface area (Å²) in [5.74, 6) is -0.618. The van der Waals surface area contributed by atoms with E-state index in [1.165, 1.54) is 23.5 Å². The standard InChI is InChI=1S/C29H23FN6O2S/c1-18-25(28(38)36(34(18)3)21-9-5-4-6-10-21)31-29-35(24(17-39-29)19-13-15-20(30)16-14-19)32-26-22-11-7-8-12-23(22)33(2)27(26)37/h4-17H,1-3H3. The lowest BCUT2D eigenvalue weighted by Crippen LogP contribution is -2.27. The second kappa shape index (κ2) is 9.48. The number of nitrogens with zero attached hydrogens (tertiary/aromatic N) is 6. The van der Waals surface area contributed by atoms with E-state index in [-0.39, 0.29) is 28.7 Å². The van der Waals surface area contributed by atoms with Gasteiger partial charge in [0.05, 0.1) is 22.8 Å². The minimum absolute atomic E-state index is 0.253. The van der Waals surface area contributed by atoms with Crippen molar-refractivity contribution in [3.63, 3.8) is 0 Å². The average Bonchev–Trinajstić information content (AvgIpc) is 3.53. The van der Waals surface area contributed by atoms with Gasteiger partial charge in [0, 0.05) is 30.6 Å². The first-order valence-electron chi connectivity index (χ1n) is 12.2. The summed E-state index contributed by atoms with van der Waals surface area (Å²) in [6, 6.07) is 22.8. The molecule has 0 unspecified atom stereocenters. The van der Waals surface area contributed by atoms with Crippen LogP contribution in [0.3, 0.4) is 0 Å². The number of carbonyl (C=O) groups excluding carboxylic acids is 1. The highest BCUT2D eigenvalue weighted by Gasteiger charge is 2.31. The number of aromatic nitrogens is 3. The summed E-state index contributed by atoms with van der Waals surface area (Å²) in [6.07, 6.45) is 0. The largest absolute Gasteiger partial charge is 0.309 e. The third-order valence-electron chi connectivity index (χ3n) is 6.78. The zero-order chi connectivity index (χ0) is 27.3. The molecule has 1 amide bonds. The van der Waals surface area contributed by atoms with Crippen LogP contribution in [0.4, 0.5) is 15.8 Å². The molecule has 194 valence electrons. The SMILES string of the molecule is Cc1c(N=c2scc(-c3ccc(F)cc3)n2N=C2C(=O)N(C)c3ccccc32)c(=O)n(-c2ccccc2)n1C. The summed E-state index contributed by atoms with van der Waals surface area (Å²) in [5.41, 5.74) is 4.38. The van der Waals surface area contributed by atoms with Crippen molar-refractivity contribution in [3.8, 4) is 16.9 Å². The van der Waals surface area contributed by atoms with Crippen LogP contribution < -0.4 is 15.3 Å². The number of amides is 1. The smallest absolute Gasteiger partial charge is 0.297 e. The highest BCUT2D eigenvalue weighted by molar-refractivity contribution is 7.07. The summed E-state index contributed by atoms with van der Waals surface area (Å²) < 4.78 is 18.6. The Labute approximate surface area is 226 Å². The van der Waals surface area contributed by atoms with Crippen LogP contribution >= 0.6 is 11.3 Å². The van der Waals surface area contributed by atoms with Crippen molar-refractivity contribution in [2.45, 2.75) is 6.92 Å². The Morgan fingerprint density at radius 2 is 1.56 bits per heavy atom. The molecule has 0 radical (unpaired) electrons. The topological polar surface area (TPSA) is 76.9 Å². The number of fused-ring (bicyclic) bond motifs is 1. The fourth-order valence-electron chi connectivity index (χ4n) is 4.62. The van der Waals surface area contributed by atoms with Crippen LogP contribution in [0.1, 0.15) is 11.3 Å². The van der Waals surface area contributed by atoms with E-state index < -0.39 is 0 Å². The fourth-order valence-corrected chi connectivity index (χ4v) is 5.45.